The molecule has 0 bridgehead atoms. The molecule has 3 nitrogen and oxygen atoms in total. The average molecular weight is 263 g/mol. The second kappa shape index (κ2) is 7.63. The molecule has 3 heteroatoms. The number of hydrogen-bond acceptors (Lipinski definition) is 3. The summed E-state index contributed by atoms with van der Waals surface area (Å²) in [7, 11) is 1.71. The Labute approximate surface area is 116 Å². The minimum Gasteiger partial charge on any atom is -0.382 e. The lowest BCUT2D eigenvalue weighted by Crippen LogP contribution is -2.20. The first-order valence-electron chi connectivity index (χ1n) is 7.20. The first-order valence-corrected chi connectivity index (χ1v) is 7.20. The third-order valence-corrected chi connectivity index (χ3v) is 3.45. The molecule has 0 saturated heterocycles. The number of nitrogens with one attached hydrogen (secondary N) is 1. The van der Waals surface area contributed by atoms with Crippen LogP contribution >= 0.6 is 0 Å². The lowest BCUT2D eigenvalue weighted by atomic mass is 10.1. The molecule has 106 valence electrons. The van der Waals surface area contributed by atoms with Gasteiger partial charge in [-0.2, -0.15) is 0 Å². The summed E-state index contributed by atoms with van der Waals surface area (Å²) < 4.78 is 10.9. The van der Waals surface area contributed by atoms with E-state index in [1.165, 1.54) is 24.0 Å². The number of benzene rings is 1. The summed E-state index contributed by atoms with van der Waals surface area (Å²) in [6.45, 7) is 4.42. The predicted molar refractivity (Wildman–Crippen MR) is 77.3 cm³/mol. The lowest BCUT2D eigenvalue weighted by molar-refractivity contribution is -0.000366. The number of hydrogen-bond donors (Lipinski definition) is 1. The summed E-state index contributed by atoms with van der Waals surface area (Å²) in [6, 6.07) is 9.33. The molecule has 1 aliphatic rings. The third kappa shape index (κ3) is 5.31. The van der Waals surface area contributed by atoms with Crippen molar-refractivity contribution in [3.05, 3.63) is 35.4 Å². The van der Waals surface area contributed by atoms with Crippen molar-refractivity contribution in [2.75, 3.05) is 20.3 Å². The molecule has 1 saturated carbocycles. The van der Waals surface area contributed by atoms with Gasteiger partial charge >= 0.3 is 0 Å². The summed E-state index contributed by atoms with van der Waals surface area (Å²) >= 11 is 0. The summed E-state index contributed by atoms with van der Waals surface area (Å²) in [5.74, 6) is 0. The van der Waals surface area contributed by atoms with Gasteiger partial charge in [-0.1, -0.05) is 24.3 Å². The van der Waals surface area contributed by atoms with Gasteiger partial charge in [-0.15, -0.1) is 0 Å². The van der Waals surface area contributed by atoms with Gasteiger partial charge in [-0.3, -0.25) is 0 Å². The maximum atomic E-state index is 5.80. The van der Waals surface area contributed by atoms with E-state index < -0.39 is 0 Å². The zero-order valence-electron chi connectivity index (χ0n) is 12.0. The Kier molecular flexibility index (Phi) is 5.83. The van der Waals surface area contributed by atoms with E-state index in [1.54, 1.807) is 7.11 Å². The highest BCUT2D eigenvalue weighted by Gasteiger charge is 2.19. The van der Waals surface area contributed by atoms with Gasteiger partial charge in [0.05, 0.1) is 19.3 Å². The smallest absolute Gasteiger partial charge is 0.0784 e. The Morgan fingerprint density at radius 3 is 2.68 bits per heavy atom. The SMILES string of the molecule is COCC(C)OCc1ccccc1CCNC1CC1. The molecule has 0 amide bonds. The molecule has 1 aromatic carbocycles. The molecule has 0 radical (unpaired) electrons. The van der Waals surface area contributed by atoms with Gasteiger partial charge < -0.3 is 14.8 Å². The summed E-state index contributed by atoms with van der Waals surface area (Å²) in [4.78, 5) is 0. The van der Waals surface area contributed by atoms with Crippen molar-refractivity contribution >= 4 is 0 Å². The van der Waals surface area contributed by atoms with Gasteiger partial charge in [0.15, 0.2) is 0 Å². The molecular weight excluding hydrogens is 238 g/mol. The van der Waals surface area contributed by atoms with Crippen molar-refractivity contribution in [3.63, 3.8) is 0 Å². The van der Waals surface area contributed by atoms with Crippen LogP contribution in [0.2, 0.25) is 0 Å². The fraction of sp³-hybridized carbons (Fsp3) is 0.625. The maximum absolute atomic E-state index is 5.80. The minimum atomic E-state index is 0.141. The quantitative estimate of drug-likeness (QED) is 0.742. The van der Waals surface area contributed by atoms with E-state index >= 15 is 0 Å². The van der Waals surface area contributed by atoms with Crippen LogP contribution in [0.15, 0.2) is 24.3 Å². The molecule has 0 aliphatic heterocycles. The Balaban J connectivity index is 1.80. The molecule has 0 heterocycles. The normalized spacial score (nSPS) is 16.5. The van der Waals surface area contributed by atoms with E-state index in [-0.39, 0.29) is 6.10 Å². The molecule has 1 atom stereocenters. The monoisotopic (exact) mass is 263 g/mol. The molecule has 1 N–H and O–H groups in total. The summed E-state index contributed by atoms with van der Waals surface area (Å²) in [5.41, 5.74) is 2.68. The summed E-state index contributed by atoms with van der Waals surface area (Å²) in [5, 5.41) is 3.56. The minimum absolute atomic E-state index is 0.141. The van der Waals surface area contributed by atoms with Crippen molar-refractivity contribution in [3.8, 4) is 0 Å². The predicted octanol–water partition coefficient (Wildman–Crippen LogP) is 2.53. The number of methoxy groups -OCH3 is 1. The number of rotatable bonds is 9. The molecule has 1 unspecified atom stereocenters. The van der Waals surface area contributed by atoms with Crippen LogP contribution in [0.25, 0.3) is 0 Å². The van der Waals surface area contributed by atoms with Crippen molar-refractivity contribution in [2.45, 2.75) is 44.9 Å². The standard InChI is InChI=1S/C16H25NO2/c1-13(11-18-2)19-12-15-6-4-3-5-14(15)9-10-17-16-7-8-16/h3-6,13,16-17H,7-12H2,1-2H3. The van der Waals surface area contributed by atoms with Gasteiger partial charge in [-0.25, -0.2) is 0 Å². The first kappa shape index (κ1) is 14.5. The zero-order valence-corrected chi connectivity index (χ0v) is 12.0. The maximum Gasteiger partial charge on any atom is 0.0784 e. The van der Waals surface area contributed by atoms with Crippen LogP contribution in [-0.2, 0) is 22.5 Å². The van der Waals surface area contributed by atoms with Gasteiger partial charge in [0, 0.05) is 13.2 Å². The molecule has 0 aromatic heterocycles. The van der Waals surface area contributed by atoms with Crippen LogP contribution in [0.1, 0.15) is 30.9 Å². The van der Waals surface area contributed by atoms with Gasteiger partial charge in [0.25, 0.3) is 0 Å². The molecule has 0 spiro atoms. The van der Waals surface area contributed by atoms with E-state index in [4.69, 9.17) is 9.47 Å². The van der Waals surface area contributed by atoms with Crippen LogP contribution in [0.3, 0.4) is 0 Å². The topological polar surface area (TPSA) is 30.5 Å². The molecule has 19 heavy (non-hydrogen) atoms. The Bertz CT molecular complexity index is 377. The Morgan fingerprint density at radius 1 is 1.26 bits per heavy atom. The van der Waals surface area contributed by atoms with Crippen molar-refractivity contribution in [1.29, 1.82) is 0 Å². The Morgan fingerprint density at radius 2 is 2.00 bits per heavy atom. The molecule has 1 aromatic rings. The van der Waals surface area contributed by atoms with E-state index in [2.05, 4.69) is 29.6 Å². The van der Waals surface area contributed by atoms with E-state index in [1.807, 2.05) is 6.92 Å². The zero-order chi connectivity index (χ0) is 13.5. The Hall–Kier alpha value is -0.900. The highest BCUT2D eigenvalue weighted by Crippen LogP contribution is 2.19. The van der Waals surface area contributed by atoms with E-state index in [0.29, 0.717) is 13.2 Å². The van der Waals surface area contributed by atoms with Crippen LogP contribution in [-0.4, -0.2) is 32.4 Å². The highest BCUT2D eigenvalue weighted by molar-refractivity contribution is 5.26. The van der Waals surface area contributed by atoms with Crippen LogP contribution < -0.4 is 5.32 Å². The lowest BCUT2D eigenvalue weighted by Gasteiger charge is -2.14. The van der Waals surface area contributed by atoms with E-state index in [0.717, 1.165) is 19.0 Å². The van der Waals surface area contributed by atoms with Crippen LogP contribution in [0, 0.1) is 0 Å². The first-order chi connectivity index (χ1) is 9.29. The molecule has 2 rings (SSSR count). The number of ether oxygens (including phenoxy) is 2. The fourth-order valence-corrected chi connectivity index (χ4v) is 2.16. The van der Waals surface area contributed by atoms with Gasteiger partial charge in [0.2, 0.25) is 0 Å². The highest BCUT2D eigenvalue weighted by atomic mass is 16.5. The third-order valence-electron chi connectivity index (χ3n) is 3.45. The average Bonchev–Trinajstić information content (AvgIpc) is 3.22. The van der Waals surface area contributed by atoms with Gasteiger partial charge in [-0.05, 0) is 43.9 Å². The second-order valence-electron chi connectivity index (χ2n) is 5.32. The molecule has 1 fully saturated rings. The summed E-state index contributed by atoms with van der Waals surface area (Å²) in [6.07, 6.45) is 3.91. The van der Waals surface area contributed by atoms with Crippen molar-refractivity contribution in [1.82, 2.24) is 5.32 Å². The van der Waals surface area contributed by atoms with Crippen LogP contribution in [0.5, 0.6) is 0 Å². The van der Waals surface area contributed by atoms with Gasteiger partial charge in [0.1, 0.15) is 0 Å². The second-order valence-corrected chi connectivity index (χ2v) is 5.32. The van der Waals surface area contributed by atoms with E-state index in [9.17, 15) is 0 Å². The van der Waals surface area contributed by atoms with Crippen molar-refractivity contribution < 1.29 is 9.47 Å². The van der Waals surface area contributed by atoms with Crippen LogP contribution in [0.4, 0.5) is 0 Å². The molecular formula is C16H25NO2. The molecule has 1 aliphatic carbocycles. The largest absolute Gasteiger partial charge is 0.382 e. The fourth-order valence-electron chi connectivity index (χ4n) is 2.16. The van der Waals surface area contributed by atoms with Crippen molar-refractivity contribution in [2.24, 2.45) is 0 Å².